The summed E-state index contributed by atoms with van der Waals surface area (Å²) >= 11 is 7.28. The van der Waals surface area contributed by atoms with E-state index >= 15 is 0 Å². The predicted octanol–water partition coefficient (Wildman–Crippen LogP) is 5.80. The Bertz CT molecular complexity index is 1130. The molecule has 0 radical (unpaired) electrons. The SMILES string of the molecule is Cc1nccc(OC(=O)N2CCC([C@H](NC(=O)c3ccc(Cl)s3)c3ccccc3)CC2)c1C. The van der Waals surface area contributed by atoms with Gasteiger partial charge >= 0.3 is 6.09 Å². The molecule has 0 saturated carbocycles. The molecule has 1 aromatic carbocycles. The number of benzene rings is 1. The highest BCUT2D eigenvalue weighted by molar-refractivity contribution is 7.18. The van der Waals surface area contributed by atoms with E-state index in [1.165, 1.54) is 11.3 Å². The second kappa shape index (κ2) is 10.4. The Balaban J connectivity index is 1.43. The number of thiophene rings is 1. The summed E-state index contributed by atoms with van der Waals surface area (Å²) in [4.78, 5) is 32.2. The van der Waals surface area contributed by atoms with Gasteiger partial charge in [0.2, 0.25) is 0 Å². The van der Waals surface area contributed by atoms with Crippen molar-refractivity contribution in [3.63, 3.8) is 0 Å². The van der Waals surface area contributed by atoms with Gasteiger partial charge in [-0.15, -0.1) is 11.3 Å². The van der Waals surface area contributed by atoms with E-state index in [0.29, 0.717) is 28.1 Å². The third kappa shape index (κ3) is 5.54. The van der Waals surface area contributed by atoms with Crippen LogP contribution in [-0.2, 0) is 0 Å². The second-order valence-corrected chi connectivity index (χ2v) is 9.89. The Morgan fingerprint density at radius 2 is 1.85 bits per heavy atom. The molecular formula is C25H26ClN3O3S. The monoisotopic (exact) mass is 483 g/mol. The third-order valence-corrected chi connectivity index (χ3v) is 7.35. The molecule has 3 aromatic rings. The van der Waals surface area contributed by atoms with Gasteiger partial charge < -0.3 is 15.0 Å². The minimum atomic E-state index is -0.351. The number of aryl methyl sites for hydroxylation is 1. The van der Waals surface area contributed by atoms with Crippen LogP contribution in [0.25, 0.3) is 0 Å². The zero-order valence-corrected chi connectivity index (χ0v) is 20.2. The minimum Gasteiger partial charge on any atom is -0.410 e. The Labute approximate surface area is 202 Å². The molecule has 4 rings (SSSR count). The van der Waals surface area contributed by atoms with E-state index < -0.39 is 0 Å². The second-order valence-electron chi connectivity index (χ2n) is 8.18. The summed E-state index contributed by atoms with van der Waals surface area (Å²) in [5.41, 5.74) is 2.76. The van der Waals surface area contributed by atoms with Crippen LogP contribution < -0.4 is 10.1 Å². The lowest BCUT2D eigenvalue weighted by molar-refractivity contribution is 0.0889. The topological polar surface area (TPSA) is 71.5 Å². The van der Waals surface area contributed by atoms with Gasteiger partial charge in [-0.2, -0.15) is 0 Å². The van der Waals surface area contributed by atoms with E-state index in [9.17, 15) is 9.59 Å². The maximum Gasteiger partial charge on any atom is 0.415 e. The lowest BCUT2D eigenvalue weighted by Gasteiger charge is -2.36. The maximum atomic E-state index is 12.9. The van der Waals surface area contributed by atoms with E-state index in [0.717, 1.165) is 29.7 Å². The number of pyridine rings is 1. The molecule has 0 unspecified atom stereocenters. The van der Waals surface area contributed by atoms with Crippen molar-refractivity contribution in [2.75, 3.05) is 13.1 Å². The largest absolute Gasteiger partial charge is 0.415 e. The number of piperidine rings is 1. The van der Waals surface area contributed by atoms with Crippen molar-refractivity contribution in [1.29, 1.82) is 0 Å². The van der Waals surface area contributed by atoms with Crippen LogP contribution >= 0.6 is 22.9 Å². The summed E-state index contributed by atoms with van der Waals surface area (Å²) in [5, 5.41) is 3.20. The van der Waals surface area contributed by atoms with E-state index in [1.54, 1.807) is 29.3 Å². The van der Waals surface area contributed by atoms with E-state index in [-0.39, 0.29) is 24.0 Å². The molecule has 6 nitrogen and oxygen atoms in total. The lowest BCUT2D eigenvalue weighted by Crippen LogP contribution is -2.44. The summed E-state index contributed by atoms with van der Waals surface area (Å²) in [7, 11) is 0. The summed E-state index contributed by atoms with van der Waals surface area (Å²) in [6, 6.07) is 15.0. The van der Waals surface area contributed by atoms with Gasteiger partial charge in [0, 0.05) is 30.5 Å². The van der Waals surface area contributed by atoms with Crippen LogP contribution in [0.15, 0.2) is 54.7 Å². The highest BCUT2D eigenvalue weighted by Crippen LogP contribution is 2.32. The van der Waals surface area contributed by atoms with Crippen LogP contribution in [0, 0.1) is 19.8 Å². The van der Waals surface area contributed by atoms with Crippen LogP contribution in [0.5, 0.6) is 5.75 Å². The molecule has 0 spiro atoms. The number of nitrogens with one attached hydrogen (secondary N) is 1. The Morgan fingerprint density at radius 3 is 2.52 bits per heavy atom. The molecule has 8 heteroatoms. The number of ether oxygens (including phenoxy) is 1. The normalized spacial score (nSPS) is 15.2. The lowest BCUT2D eigenvalue weighted by atomic mass is 9.85. The van der Waals surface area contributed by atoms with Crippen LogP contribution in [-0.4, -0.2) is 35.0 Å². The van der Waals surface area contributed by atoms with Gasteiger partial charge in [0.15, 0.2) is 0 Å². The van der Waals surface area contributed by atoms with Crippen LogP contribution in [0.1, 0.15) is 45.4 Å². The van der Waals surface area contributed by atoms with Gasteiger partial charge in [-0.1, -0.05) is 41.9 Å². The standard InChI is InChI=1S/C25H26ClN3O3S/c1-16-17(2)27-13-10-20(16)32-25(31)29-14-11-19(12-15-29)23(18-6-4-3-5-7-18)28-24(30)21-8-9-22(26)33-21/h3-10,13,19,23H,11-12,14-15H2,1-2H3,(H,28,30)/t23-/m1/s1. The van der Waals surface area contributed by atoms with Gasteiger partial charge in [0.1, 0.15) is 5.75 Å². The van der Waals surface area contributed by atoms with Crippen molar-refractivity contribution < 1.29 is 14.3 Å². The van der Waals surface area contributed by atoms with Gasteiger partial charge in [-0.3, -0.25) is 9.78 Å². The molecule has 3 heterocycles. The van der Waals surface area contributed by atoms with Gasteiger partial charge in [-0.25, -0.2) is 4.79 Å². The highest BCUT2D eigenvalue weighted by Gasteiger charge is 2.31. The molecule has 172 valence electrons. The number of aromatic nitrogens is 1. The molecule has 1 N–H and O–H groups in total. The number of likely N-dealkylation sites (tertiary alicyclic amines) is 1. The zero-order chi connectivity index (χ0) is 23.4. The van der Waals surface area contributed by atoms with E-state index in [1.807, 2.05) is 44.2 Å². The van der Waals surface area contributed by atoms with Crippen molar-refractivity contribution in [2.24, 2.45) is 5.92 Å². The molecule has 1 aliphatic heterocycles. The number of carbonyl (C=O) groups excluding carboxylic acids is 2. The van der Waals surface area contributed by atoms with Crippen molar-refractivity contribution in [3.05, 3.63) is 80.8 Å². The molecule has 1 atom stereocenters. The number of rotatable bonds is 5. The quantitative estimate of drug-likeness (QED) is 0.498. The molecule has 2 amide bonds. The molecule has 2 aromatic heterocycles. The average molecular weight is 484 g/mol. The maximum absolute atomic E-state index is 12.9. The number of amides is 2. The summed E-state index contributed by atoms with van der Waals surface area (Å²) < 4.78 is 6.22. The van der Waals surface area contributed by atoms with Crippen LogP contribution in [0.4, 0.5) is 4.79 Å². The fraction of sp³-hybridized carbons (Fsp3) is 0.320. The highest BCUT2D eigenvalue weighted by atomic mass is 35.5. The van der Waals surface area contributed by atoms with Gasteiger partial charge in [0.05, 0.1) is 15.3 Å². The Morgan fingerprint density at radius 1 is 1.12 bits per heavy atom. The van der Waals surface area contributed by atoms with Crippen molar-refractivity contribution >= 4 is 34.9 Å². The average Bonchev–Trinajstić information content (AvgIpc) is 3.27. The molecule has 33 heavy (non-hydrogen) atoms. The summed E-state index contributed by atoms with van der Waals surface area (Å²) in [5.74, 6) is 0.602. The van der Waals surface area contributed by atoms with Crippen molar-refractivity contribution in [2.45, 2.75) is 32.7 Å². The molecule has 0 bridgehead atoms. The molecule has 1 aliphatic rings. The Kier molecular flexibility index (Phi) is 7.30. The fourth-order valence-electron chi connectivity index (χ4n) is 4.08. The fourth-order valence-corrected chi connectivity index (χ4v) is 5.03. The van der Waals surface area contributed by atoms with Crippen molar-refractivity contribution in [3.8, 4) is 5.75 Å². The van der Waals surface area contributed by atoms with E-state index in [2.05, 4.69) is 10.3 Å². The summed E-state index contributed by atoms with van der Waals surface area (Å²) in [6.45, 7) is 4.92. The number of nitrogens with zero attached hydrogens (tertiary/aromatic N) is 2. The zero-order valence-electron chi connectivity index (χ0n) is 18.6. The molecule has 0 aliphatic carbocycles. The number of hydrogen-bond donors (Lipinski definition) is 1. The first-order valence-corrected chi connectivity index (χ1v) is 12.1. The van der Waals surface area contributed by atoms with Gasteiger partial charge in [0.25, 0.3) is 5.91 Å². The van der Waals surface area contributed by atoms with Crippen LogP contribution in [0.3, 0.4) is 0 Å². The first kappa shape index (κ1) is 23.3. The number of hydrogen-bond acceptors (Lipinski definition) is 5. The first-order chi connectivity index (χ1) is 15.9. The van der Waals surface area contributed by atoms with Crippen LogP contribution in [0.2, 0.25) is 4.34 Å². The predicted molar refractivity (Wildman–Crippen MR) is 130 cm³/mol. The molecule has 1 saturated heterocycles. The molecule has 1 fully saturated rings. The first-order valence-electron chi connectivity index (χ1n) is 10.9. The molecular weight excluding hydrogens is 458 g/mol. The van der Waals surface area contributed by atoms with Gasteiger partial charge in [-0.05, 0) is 56.4 Å². The smallest absolute Gasteiger partial charge is 0.410 e. The number of carbonyl (C=O) groups is 2. The van der Waals surface area contributed by atoms with Crippen molar-refractivity contribution in [1.82, 2.24) is 15.2 Å². The van der Waals surface area contributed by atoms with E-state index in [4.69, 9.17) is 16.3 Å². The third-order valence-electron chi connectivity index (χ3n) is 6.12. The summed E-state index contributed by atoms with van der Waals surface area (Å²) in [6.07, 6.45) is 2.81. The minimum absolute atomic E-state index is 0.133. The number of halogens is 1. The Hall–Kier alpha value is -2.90.